The van der Waals surface area contributed by atoms with Crippen molar-refractivity contribution in [2.45, 2.75) is 38.4 Å². The minimum atomic E-state index is -0.495. The van der Waals surface area contributed by atoms with Crippen molar-refractivity contribution in [3.05, 3.63) is 83.1 Å². The molecule has 0 radical (unpaired) electrons. The largest absolute Gasteiger partial charge is 0.457 e. The van der Waals surface area contributed by atoms with E-state index in [1.807, 2.05) is 44.2 Å². The van der Waals surface area contributed by atoms with Gasteiger partial charge in [-0.15, -0.1) is 0 Å². The maximum absolute atomic E-state index is 13.9. The first-order valence-electron chi connectivity index (χ1n) is 14.6. The summed E-state index contributed by atoms with van der Waals surface area (Å²) in [7, 11) is 0. The molecule has 2 saturated heterocycles. The number of rotatable bonds is 8. The molecule has 4 heterocycles. The number of nitrogens with zero attached hydrogens (tertiary/aromatic N) is 7. The second-order valence-corrected chi connectivity index (χ2v) is 11.4. The van der Waals surface area contributed by atoms with Gasteiger partial charge in [0.1, 0.15) is 35.0 Å². The fourth-order valence-corrected chi connectivity index (χ4v) is 5.78. The normalized spacial score (nSPS) is 17.7. The summed E-state index contributed by atoms with van der Waals surface area (Å²) in [5.74, 6) is 1.13. The molecule has 2 aliphatic heterocycles. The van der Waals surface area contributed by atoms with Gasteiger partial charge in [-0.05, 0) is 62.7 Å². The topological polar surface area (TPSA) is 145 Å². The number of aromatic nitrogens is 4. The molecule has 12 nitrogen and oxygen atoms in total. The first-order chi connectivity index (χ1) is 21.3. The minimum absolute atomic E-state index is 0.0883. The Balaban J connectivity index is 1.26. The summed E-state index contributed by atoms with van der Waals surface area (Å²) in [4.78, 5) is 39.8. The Morgan fingerprint density at radius 1 is 1.09 bits per heavy atom. The Kier molecular flexibility index (Phi) is 7.90. The highest BCUT2D eigenvalue weighted by Crippen LogP contribution is 2.28. The van der Waals surface area contributed by atoms with Crippen molar-refractivity contribution in [1.82, 2.24) is 28.9 Å². The maximum Gasteiger partial charge on any atom is 0.335 e. The fraction of sp³-hybridized carbons (Fsp3) is 0.344. The second kappa shape index (κ2) is 11.9. The Bertz CT molecular complexity index is 1800. The van der Waals surface area contributed by atoms with Crippen molar-refractivity contribution in [1.29, 1.82) is 5.26 Å². The van der Waals surface area contributed by atoms with Crippen molar-refractivity contribution in [3.63, 3.8) is 0 Å². The molecule has 1 amide bonds. The fourth-order valence-electron chi connectivity index (χ4n) is 5.78. The molecule has 0 bridgehead atoms. The lowest BCUT2D eigenvalue weighted by Gasteiger charge is -2.42. The molecule has 2 aliphatic rings. The Hall–Kier alpha value is -4.99. The van der Waals surface area contributed by atoms with Crippen LogP contribution in [0.3, 0.4) is 0 Å². The number of nitrogens with two attached hydrogens (primary N) is 1. The molecular formula is C32H34N8O4. The van der Waals surface area contributed by atoms with Gasteiger partial charge in [0.05, 0.1) is 24.9 Å². The summed E-state index contributed by atoms with van der Waals surface area (Å²) in [6, 6.07) is 18.3. The lowest BCUT2D eigenvalue weighted by Crippen LogP contribution is -2.54. The molecular weight excluding hydrogens is 560 g/mol. The molecule has 0 saturated carbocycles. The van der Waals surface area contributed by atoms with Crippen LogP contribution in [0.5, 0.6) is 11.5 Å². The quantitative estimate of drug-likeness (QED) is 0.240. The number of hydrogen-bond acceptors (Lipinski definition) is 9. The number of amides is 1. The standard InChI is InChI=1S/C32H34N8O4/c1-32(2,37-14-16-43-17-15-37)18-22(19-33)30(41)38-13-12-24(38)20-39-29-27(28(34)35-21-36-29)40(31(39)42)23-8-10-26(11-9-23)44-25-6-4-3-5-7-25/h3-11,18,21,24H,12-17,20H2,1-2H3,(H2,34,35,36). The van der Waals surface area contributed by atoms with Crippen LogP contribution in [-0.2, 0) is 16.1 Å². The highest BCUT2D eigenvalue weighted by atomic mass is 16.5. The van der Waals surface area contributed by atoms with Gasteiger partial charge < -0.3 is 20.1 Å². The zero-order chi connectivity index (χ0) is 30.8. The van der Waals surface area contributed by atoms with Crippen LogP contribution in [0.2, 0.25) is 0 Å². The predicted molar refractivity (Wildman–Crippen MR) is 164 cm³/mol. The summed E-state index contributed by atoms with van der Waals surface area (Å²) in [6.45, 7) is 7.36. The van der Waals surface area contributed by atoms with Crippen LogP contribution in [0.25, 0.3) is 16.9 Å². The number of likely N-dealkylation sites (tertiary alicyclic amines) is 1. The third kappa shape index (κ3) is 5.55. The van der Waals surface area contributed by atoms with E-state index >= 15 is 0 Å². The molecule has 0 spiro atoms. The van der Waals surface area contributed by atoms with Gasteiger partial charge in [-0.3, -0.25) is 18.8 Å². The van der Waals surface area contributed by atoms with Gasteiger partial charge in [-0.25, -0.2) is 14.8 Å². The maximum atomic E-state index is 13.9. The number of carbonyl (C=O) groups excluding carboxylic acids is 1. The number of nitrogen functional groups attached to an aromatic ring is 1. The molecule has 1 atom stereocenters. The van der Waals surface area contributed by atoms with Crippen LogP contribution < -0.4 is 16.2 Å². The van der Waals surface area contributed by atoms with E-state index in [1.165, 1.54) is 15.5 Å². The van der Waals surface area contributed by atoms with Crippen LogP contribution in [0.1, 0.15) is 20.3 Å². The van der Waals surface area contributed by atoms with Crippen molar-refractivity contribution in [3.8, 4) is 23.3 Å². The molecule has 2 aromatic heterocycles. The van der Waals surface area contributed by atoms with Gasteiger partial charge in [0.15, 0.2) is 11.5 Å². The van der Waals surface area contributed by atoms with Crippen molar-refractivity contribution >= 4 is 22.9 Å². The number of hydrogen-bond donors (Lipinski definition) is 1. The summed E-state index contributed by atoms with van der Waals surface area (Å²) in [5.41, 5.74) is 6.84. The monoisotopic (exact) mass is 594 g/mol. The lowest BCUT2D eigenvalue weighted by molar-refractivity contribution is -0.134. The first kappa shape index (κ1) is 29.1. The number of nitriles is 1. The van der Waals surface area contributed by atoms with Crippen LogP contribution in [0, 0.1) is 11.3 Å². The number of anilines is 1. The Morgan fingerprint density at radius 2 is 1.80 bits per heavy atom. The van der Waals surface area contributed by atoms with E-state index in [-0.39, 0.29) is 35.6 Å². The molecule has 2 aromatic carbocycles. The molecule has 44 heavy (non-hydrogen) atoms. The van der Waals surface area contributed by atoms with Gasteiger partial charge in [-0.2, -0.15) is 5.26 Å². The number of benzene rings is 2. The third-order valence-corrected chi connectivity index (χ3v) is 8.28. The SMILES string of the molecule is CC(C)(C=C(C#N)C(=O)N1CCC1Cn1c(=O)n(-c2ccc(Oc3ccccc3)cc2)c2c(N)ncnc21)N1CCOCC1. The van der Waals surface area contributed by atoms with Crippen LogP contribution >= 0.6 is 0 Å². The Morgan fingerprint density at radius 3 is 2.45 bits per heavy atom. The number of para-hydroxylation sites is 1. The van der Waals surface area contributed by atoms with Gasteiger partial charge in [0, 0.05) is 31.7 Å². The van der Waals surface area contributed by atoms with Crippen LogP contribution in [0.15, 0.2) is 77.4 Å². The van der Waals surface area contributed by atoms with E-state index in [9.17, 15) is 14.9 Å². The van der Waals surface area contributed by atoms with Crippen LogP contribution in [0.4, 0.5) is 5.82 Å². The van der Waals surface area contributed by atoms with E-state index in [2.05, 4.69) is 20.9 Å². The zero-order valence-corrected chi connectivity index (χ0v) is 24.7. The van der Waals surface area contributed by atoms with E-state index < -0.39 is 5.54 Å². The highest BCUT2D eigenvalue weighted by Gasteiger charge is 2.37. The van der Waals surface area contributed by atoms with Crippen molar-refractivity contribution in [2.24, 2.45) is 0 Å². The van der Waals surface area contributed by atoms with Crippen molar-refractivity contribution in [2.75, 3.05) is 38.6 Å². The molecule has 0 aliphatic carbocycles. The summed E-state index contributed by atoms with van der Waals surface area (Å²) < 4.78 is 14.4. The molecule has 1 unspecified atom stereocenters. The van der Waals surface area contributed by atoms with E-state index in [0.717, 1.165) is 13.1 Å². The highest BCUT2D eigenvalue weighted by molar-refractivity contribution is 5.98. The van der Waals surface area contributed by atoms with Gasteiger partial charge in [-0.1, -0.05) is 18.2 Å². The number of fused-ring (bicyclic) bond motifs is 1. The van der Waals surface area contributed by atoms with E-state index in [0.29, 0.717) is 54.5 Å². The molecule has 2 fully saturated rings. The summed E-state index contributed by atoms with van der Waals surface area (Å²) >= 11 is 0. The average Bonchev–Trinajstić information content (AvgIpc) is 3.31. The zero-order valence-electron chi connectivity index (χ0n) is 24.7. The second-order valence-electron chi connectivity index (χ2n) is 11.4. The van der Waals surface area contributed by atoms with Gasteiger partial charge in [0.2, 0.25) is 0 Å². The minimum Gasteiger partial charge on any atom is -0.457 e. The van der Waals surface area contributed by atoms with E-state index in [4.69, 9.17) is 15.2 Å². The van der Waals surface area contributed by atoms with Gasteiger partial charge in [0.25, 0.3) is 5.91 Å². The smallest absolute Gasteiger partial charge is 0.335 e. The Labute approximate surface area is 254 Å². The van der Waals surface area contributed by atoms with Gasteiger partial charge >= 0.3 is 5.69 Å². The number of imidazole rings is 1. The molecule has 12 heteroatoms. The molecule has 6 rings (SSSR count). The van der Waals surface area contributed by atoms with Crippen LogP contribution in [-0.4, -0.2) is 79.2 Å². The molecule has 4 aromatic rings. The van der Waals surface area contributed by atoms with Crippen molar-refractivity contribution < 1.29 is 14.3 Å². The average molecular weight is 595 g/mol. The summed E-state index contributed by atoms with van der Waals surface area (Å²) in [5, 5.41) is 9.94. The summed E-state index contributed by atoms with van der Waals surface area (Å²) in [6.07, 6.45) is 3.75. The number of morpholine rings is 1. The molecule has 2 N–H and O–H groups in total. The number of ether oxygens (including phenoxy) is 2. The lowest BCUT2D eigenvalue weighted by atomic mass is 9.95. The first-order valence-corrected chi connectivity index (χ1v) is 14.6. The third-order valence-electron chi connectivity index (χ3n) is 8.28. The predicted octanol–water partition coefficient (Wildman–Crippen LogP) is 3.12. The molecule has 226 valence electrons. The number of carbonyl (C=O) groups is 1. The van der Waals surface area contributed by atoms with E-state index in [1.54, 1.807) is 35.2 Å².